The Bertz CT molecular complexity index is 1040. The molecule has 0 aliphatic carbocycles. The van der Waals surface area contributed by atoms with E-state index in [1.54, 1.807) is 42.5 Å². The van der Waals surface area contributed by atoms with E-state index in [1.165, 1.54) is 7.11 Å². The first-order valence-electron chi connectivity index (χ1n) is 8.98. The maximum Gasteiger partial charge on any atom is 0.337 e. The van der Waals surface area contributed by atoms with Crippen molar-refractivity contribution in [3.05, 3.63) is 75.8 Å². The Morgan fingerprint density at radius 3 is 2.61 bits per heavy atom. The van der Waals surface area contributed by atoms with Gasteiger partial charge in [0.2, 0.25) is 5.91 Å². The van der Waals surface area contributed by atoms with Gasteiger partial charge in [0.1, 0.15) is 5.82 Å². The first-order chi connectivity index (χ1) is 13.6. The summed E-state index contributed by atoms with van der Waals surface area (Å²) in [5.74, 6) is 0.103. The number of hydrogen-bond donors (Lipinski definition) is 2. The van der Waals surface area contributed by atoms with Gasteiger partial charge in [-0.2, -0.15) is 0 Å². The number of benzene rings is 2. The van der Waals surface area contributed by atoms with Crippen LogP contribution in [0.5, 0.6) is 0 Å². The number of methoxy groups -OCH3 is 1. The second-order valence-electron chi connectivity index (χ2n) is 6.35. The van der Waals surface area contributed by atoms with Crippen molar-refractivity contribution in [2.75, 3.05) is 7.11 Å². The molecule has 0 unspecified atom stereocenters. The molecule has 7 heteroatoms. The lowest BCUT2D eigenvalue weighted by atomic mass is 10.1. The van der Waals surface area contributed by atoms with E-state index in [4.69, 9.17) is 0 Å². The second-order valence-corrected chi connectivity index (χ2v) is 6.35. The van der Waals surface area contributed by atoms with Crippen LogP contribution in [0, 0.1) is 0 Å². The molecule has 144 valence electrons. The lowest BCUT2D eigenvalue weighted by Crippen LogP contribution is -2.22. The molecule has 0 aliphatic heterocycles. The van der Waals surface area contributed by atoms with Crippen LogP contribution in [0.3, 0.4) is 0 Å². The van der Waals surface area contributed by atoms with E-state index >= 15 is 0 Å². The van der Waals surface area contributed by atoms with Crippen LogP contribution in [-0.4, -0.2) is 29.0 Å². The Kier molecular flexibility index (Phi) is 6.16. The molecule has 7 nitrogen and oxygen atoms in total. The van der Waals surface area contributed by atoms with Gasteiger partial charge in [0.25, 0.3) is 5.56 Å². The third-order valence-corrected chi connectivity index (χ3v) is 4.34. The number of esters is 1. The van der Waals surface area contributed by atoms with Crippen molar-refractivity contribution >= 4 is 22.8 Å². The Morgan fingerprint density at radius 1 is 1.11 bits per heavy atom. The summed E-state index contributed by atoms with van der Waals surface area (Å²) in [7, 11) is 1.33. The minimum absolute atomic E-state index is 0.0832. The molecule has 0 atom stereocenters. The minimum atomic E-state index is -0.393. The number of fused-ring (bicyclic) bond motifs is 1. The maximum absolute atomic E-state index is 12.0. The zero-order valence-corrected chi connectivity index (χ0v) is 15.5. The summed E-state index contributed by atoms with van der Waals surface area (Å²) < 4.78 is 4.65. The fourth-order valence-corrected chi connectivity index (χ4v) is 2.84. The molecule has 1 aromatic heterocycles. The molecule has 3 aromatic rings. The number of H-pyrrole nitrogens is 1. The highest BCUT2D eigenvalue weighted by atomic mass is 16.5. The number of nitrogens with one attached hydrogen (secondary N) is 2. The fraction of sp³-hybridized carbons (Fsp3) is 0.238. The largest absolute Gasteiger partial charge is 0.465 e. The summed E-state index contributed by atoms with van der Waals surface area (Å²) in [6.07, 6.45) is 1.42. The Balaban J connectivity index is 1.47. The van der Waals surface area contributed by atoms with Crippen molar-refractivity contribution in [2.45, 2.75) is 25.8 Å². The summed E-state index contributed by atoms with van der Waals surface area (Å²) in [4.78, 5) is 42.7. The van der Waals surface area contributed by atoms with E-state index in [0.29, 0.717) is 48.1 Å². The van der Waals surface area contributed by atoms with Crippen molar-refractivity contribution in [3.8, 4) is 0 Å². The SMILES string of the molecule is COC(=O)c1ccc(CNC(=O)CCCc2nc3ccccc3c(=O)[nH]2)cc1. The summed E-state index contributed by atoms with van der Waals surface area (Å²) in [6, 6.07) is 14.0. The van der Waals surface area contributed by atoms with Crippen LogP contribution in [0.25, 0.3) is 10.9 Å². The van der Waals surface area contributed by atoms with Crippen molar-refractivity contribution in [1.29, 1.82) is 0 Å². The molecule has 3 rings (SSSR count). The first-order valence-corrected chi connectivity index (χ1v) is 8.98. The van der Waals surface area contributed by atoms with Crippen molar-refractivity contribution in [1.82, 2.24) is 15.3 Å². The van der Waals surface area contributed by atoms with E-state index < -0.39 is 5.97 Å². The van der Waals surface area contributed by atoms with Gasteiger partial charge >= 0.3 is 5.97 Å². The van der Waals surface area contributed by atoms with Gasteiger partial charge in [-0.1, -0.05) is 24.3 Å². The molecular formula is C21H21N3O4. The number of carbonyl (C=O) groups excluding carboxylic acids is 2. The Labute approximate surface area is 161 Å². The third kappa shape index (κ3) is 4.82. The second kappa shape index (κ2) is 8.94. The van der Waals surface area contributed by atoms with E-state index in [1.807, 2.05) is 6.07 Å². The normalized spacial score (nSPS) is 10.6. The Morgan fingerprint density at radius 2 is 1.86 bits per heavy atom. The van der Waals surface area contributed by atoms with E-state index in [-0.39, 0.29) is 11.5 Å². The summed E-state index contributed by atoms with van der Waals surface area (Å²) in [5, 5.41) is 3.40. The maximum atomic E-state index is 12.0. The molecule has 0 aliphatic rings. The highest BCUT2D eigenvalue weighted by Crippen LogP contribution is 2.08. The highest BCUT2D eigenvalue weighted by Gasteiger charge is 2.07. The quantitative estimate of drug-likeness (QED) is 0.614. The lowest BCUT2D eigenvalue weighted by molar-refractivity contribution is -0.121. The fourth-order valence-electron chi connectivity index (χ4n) is 2.84. The molecule has 2 aromatic carbocycles. The van der Waals surface area contributed by atoms with Crippen LogP contribution in [0.2, 0.25) is 0 Å². The summed E-state index contributed by atoms with van der Waals surface area (Å²) in [5.41, 5.74) is 1.84. The van der Waals surface area contributed by atoms with E-state index in [9.17, 15) is 14.4 Å². The third-order valence-electron chi connectivity index (χ3n) is 4.34. The molecule has 1 amide bonds. The van der Waals surface area contributed by atoms with Crippen LogP contribution in [0.15, 0.2) is 53.3 Å². The molecule has 28 heavy (non-hydrogen) atoms. The first kappa shape index (κ1) is 19.3. The average molecular weight is 379 g/mol. The van der Waals surface area contributed by atoms with Gasteiger partial charge in [-0.25, -0.2) is 9.78 Å². The van der Waals surface area contributed by atoms with Crippen LogP contribution < -0.4 is 10.9 Å². The van der Waals surface area contributed by atoms with Gasteiger partial charge < -0.3 is 15.0 Å². The van der Waals surface area contributed by atoms with Crippen LogP contribution in [-0.2, 0) is 22.5 Å². The lowest BCUT2D eigenvalue weighted by Gasteiger charge is -2.07. The summed E-state index contributed by atoms with van der Waals surface area (Å²) >= 11 is 0. The molecule has 0 spiro atoms. The summed E-state index contributed by atoms with van der Waals surface area (Å²) in [6.45, 7) is 0.380. The van der Waals surface area contributed by atoms with Gasteiger partial charge in [0.15, 0.2) is 0 Å². The van der Waals surface area contributed by atoms with Gasteiger partial charge in [-0.05, 0) is 36.2 Å². The zero-order valence-electron chi connectivity index (χ0n) is 15.5. The van der Waals surface area contributed by atoms with Gasteiger partial charge in [0.05, 0.1) is 23.6 Å². The van der Waals surface area contributed by atoms with Gasteiger partial charge in [0, 0.05) is 19.4 Å². The zero-order chi connectivity index (χ0) is 19.9. The topological polar surface area (TPSA) is 101 Å². The molecule has 0 saturated carbocycles. The number of rotatable bonds is 7. The minimum Gasteiger partial charge on any atom is -0.465 e. The number of carbonyl (C=O) groups is 2. The van der Waals surface area contributed by atoms with Crippen LogP contribution in [0.1, 0.15) is 34.6 Å². The number of amides is 1. The average Bonchev–Trinajstić information content (AvgIpc) is 2.72. The molecule has 0 saturated heterocycles. The number of nitrogens with zero attached hydrogens (tertiary/aromatic N) is 1. The molecule has 0 bridgehead atoms. The van der Waals surface area contributed by atoms with E-state index in [2.05, 4.69) is 20.0 Å². The predicted molar refractivity (Wildman–Crippen MR) is 105 cm³/mol. The van der Waals surface area contributed by atoms with Crippen molar-refractivity contribution in [3.63, 3.8) is 0 Å². The molecule has 2 N–H and O–H groups in total. The molecule has 0 radical (unpaired) electrons. The number of aryl methyl sites for hydroxylation is 1. The van der Waals surface area contributed by atoms with Gasteiger partial charge in [-0.3, -0.25) is 9.59 Å². The number of ether oxygens (including phenoxy) is 1. The molecule has 1 heterocycles. The molecular weight excluding hydrogens is 358 g/mol. The Hall–Kier alpha value is -3.48. The highest BCUT2D eigenvalue weighted by molar-refractivity contribution is 5.89. The number of aromatic nitrogens is 2. The molecule has 0 fully saturated rings. The number of para-hydroxylation sites is 1. The van der Waals surface area contributed by atoms with Gasteiger partial charge in [-0.15, -0.1) is 0 Å². The smallest absolute Gasteiger partial charge is 0.337 e. The van der Waals surface area contributed by atoms with Crippen LogP contribution >= 0.6 is 0 Å². The van der Waals surface area contributed by atoms with Crippen LogP contribution in [0.4, 0.5) is 0 Å². The monoisotopic (exact) mass is 379 g/mol. The van der Waals surface area contributed by atoms with Crippen molar-refractivity contribution < 1.29 is 14.3 Å². The number of hydrogen-bond acceptors (Lipinski definition) is 5. The standard InChI is InChI=1S/C21H21N3O4/c1-28-21(27)15-11-9-14(10-12-15)13-22-19(25)8-4-7-18-23-17-6-3-2-5-16(17)20(26)24-18/h2-3,5-6,9-12H,4,7-8,13H2,1H3,(H,22,25)(H,23,24,26). The van der Waals surface area contributed by atoms with E-state index in [0.717, 1.165) is 5.56 Å². The van der Waals surface area contributed by atoms with Crippen molar-refractivity contribution in [2.24, 2.45) is 0 Å². The predicted octanol–water partition coefficient (Wildman–Crippen LogP) is 2.35. The number of aromatic amines is 1.